The average Bonchev–Trinajstić information content (AvgIpc) is 3.06. The van der Waals surface area contributed by atoms with E-state index in [1.54, 1.807) is 28.3 Å². The van der Waals surface area contributed by atoms with E-state index in [-0.39, 0.29) is 23.7 Å². The summed E-state index contributed by atoms with van der Waals surface area (Å²) in [4.78, 5) is 42.0. The molecule has 0 aromatic carbocycles. The highest BCUT2D eigenvalue weighted by Crippen LogP contribution is 2.12. The van der Waals surface area contributed by atoms with Crippen LogP contribution in [0, 0.1) is 0 Å². The first kappa shape index (κ1) is 18.4. The molecule has 1 amide bonds. The number of nitrogens with zero attached hydrogens (tertiary/aromatic N) is 5. The van der Waals surface area contributed by atoms with E-state index in [1.807, 2.05) is 11.8 Å². The summed E-state index contributed by atoms with van der Waals surface area (Å²) in [7, 11) is 0. The Hall–Kier alpha value is -2.35. The molecule has 2 aromatic rings. The van der Waals surface area contributed by atoms with Crippen molar-refractivity contribution in [2.75, 3.05) is 32.7 Å². The van der Waals surface area contributed by atoms with Gasteiger partial charge >= 0.3 is 5.69 Å². The summed E-state index contributed by atoms with van der Waals surface area (Å²) in [5.74, 6) is 0.0213. The summed E-state index contributed by atoms with van der Waals surface area (Å²) in [5, 5.41) is 0.483. The van der Waals surface area contributed by atoms with Crippen LogP contribution in [0.4, 0.5) is 0 Å². The summed E-state index contributed by atoms with van der Waals surface area (Å²) in [5.41, 5.74) is -0.0795. The van der Waals surface area contributed by atoms with Gasteiger partial charge in [-0.05, 0) is 26.5 Å². The molecule has 1 fully saturated rings. The molecule has 0 radical (unpaired) electrons. The second-order valence-corrected chi connectivity index (χ2v) is 6.57. The van der Waals surface area contributed by atoms with E-state index < -0.39 is 0 Å². The average molecular weight is 361 g/mol. The van der Waals surface area contributed by atoms with E-state index in [0.29, 0.717) is 24.1 Å². The topological polar surface area (TPSA) is 72.5 Å². The first-order chi connectivity index (χ1) is 12.5. The minimum Gasteiger partial charge on any atom is -0.339 e. The Morgan fingerprint density at radius 2 is 1.62 bits per heavy atom. The molecular weight excluding hydrogens is 334 g/mol. The molecule has 0 unspecified atom stereocenters. The van der Waals surface area contributed by atoms with Crippen LogP contribution in [0.25, 0.3) is 11.0 Å². The Morgan fingerprint density at radius 3 is 2.19 bits per heavy atom. The number of carbonyl (C=O) groups is 1. The lowest BCUT2D eigenvalue weighted by Crippen LogP contribution is -2.49. The number of likely N-dealkylation sites (N-methyl/N-ethyl adjacent to an activating group) is 1. The number of amides is 1. The van der Waals surface area contributed by atoms with Gasteiger partial charge < -0.3 is 14.4 Å². The summed E-state index contributed by atoms with van der Waals surface area (Å²) in [6.45, 7) is 10.9. The fourth-order valence-electron chi connectivity index (χ4n) is 3.65. The van der Waals surface area contributed by atoms with Crippen molar-refractivity contribution in [2.24, 2.45) is 0 Å². The summed E-state index contributed by atoms with van der Waals surface area (Å²) in [6.07, 6.45) is 1.73. The fourth-order valence-corrected chi connectivity index (χ4v) is 3.65. The zero-order chi connectivity index (χ0) is 18.8. The molecule has 3 rings (SSSR count). The highest BCUT2D eigenvalue weighted by Gasteiger charge is 2.22. The standard InChI is InChI=1S/C18H27N5O3/c1-4-19-9-11-20(12-10-19)15(24)13-21-8-7-14-16(21)22(5-2)18(26)23(6-3)17(14)25/h7-8H,4-6,9-13H2,1-3H3. The van der Waals surface area contributed by atoms with Gasteiger partial charge in [-0.2, -0.15) is 0 Å². The van der Waals surface area contributed by atoms with Gasteiger partial charge in [0, 0.05) is 45.5 Å². The van der Waals surface area contributed by atoms with Crippen LogP contribution in [-0.4, -0.2) is 62.1 Å². The van der Waals surface area contributed by atoms with Gasteiger partial charge in [0.15, 0.2) is 0 Å². The Balaban J connectivity index is 1.93. The molecule has 0 spiro atoms. The van der Waals surface area contributed by atoms with E-state index in [4.69, 9.17) is 0 Å². The number of piperazine rings is 1. The Kier molecular flexibility index (Phi) is 5.31. The second kappa shape index (κ2) is 7.49. The van der Waals surface area contributed by atoms with Crippen LogP contribution in [0.3, 0.4) is 0 Å². The summed E-state index contributed by atoms with van der Waals surface area (Å²) in [6, 6.07) is 1.71. The molecule has 8 nitrogen and oxygen atoms in total. The van der Waals surface area contributed by atoms with Crippen molar-refractivity contribution in [3.05, 3.63) is 33.1 Å². The predicted molar refractivity (Wildman–Crippen MR) is 101 cm³/mol. The van der Waals surface area contributed by atoms with E-state index >= 15 is 0 Å². The van der Waals surface area contributed by atoms with Crippen molar-refractivity contribution in [1.29, 1.82) is 0 Å². The van der Waals surface area contributed by atoms with Gasteiger partial charge in [0.2, 0.25) is 5.91 Å². The zero-order valence-electron chi connectivity index (χ0n) is 15.8. The first-order valence-electron chi connectivity index (χ1n) is 9.34. The van der Waals surface area contributed by atoms with Crippen LogP contribution in [0.1, 0.15) is 20.8 Å². The number of hydrogen-bond acceptors (Lipinski definition) is 4. The number of carbonyl (C=O) groups excluding carboxylic acids is 1. The maximum atomic E-state index is 12.7. The maximum Gasteiger partial charge on any atom is 0.332 e. The van der Waals surface area contributed by atoms with Crippen molar-refractivity contribution >= 4 is 16.9 Å². The molecule has 142 valence electrons. The lowest BCUT2D eigenvalue weighted by Gasteiger charge is -2.34. The molecule has 8 heteroatoms. The van der Waals surface area contributed by atoms with Crippen molar-refractivity contribution in [2.45, 2.75) is 40.4 Å². The smallest absolute Gasteiger partial charge is 0.332 e. The van der Waals surface area contributed by atoms with Gasteiger partial charge in [-0.25, -0.2) is 4.79 Å². The van der Waals surface area contributed by atoms with Crippen molar-refractivity contribution < 1.29 is 4.79 Å². The minimum atomic E-state index is -0.323. The minimum absolute atomic E-state index is 0.0213. The SMILES string of the molecule is CCN1CCN(C(=O)Cn2ccc3c(=O)n(CC)c(=O)n(CC)c32)CC1. The van der Waals surface area contributed by atoms with Crippen molar-refractivity contribution in [3.63, 3.8) is 0 Å². The van der Waals surface area contributed by atoms with Gasteiger partial charge in [-0.15, -0.1) is 0 Å². The molecule has 3 heterocycles. The summed E-state index contributed by atoms with van der Waals surface area (Å²) < 4.78 is 4.54. The highest BCUT2D eigenvalue weighted by atomic mass is 16.2. The monoisotopic (exact) mass is 361 g/mol. The lowest BCUT2D eigenvalue weighted by molar-refractivity contribution is -0.133. The number of fused-ring (bicyclic) bond motifs is 1. The Morgan fingerprint density at radius 1 is 0.962 bits per heavy atom. The molecule has 26 heavy (non-hydrogen) atoms. The van der Waals surface area contributed by atoms with Crippen molar-refractivity contribution in [3.8, 4) is 0 Å². The van der Waals surface area contributed by atoms with Crippen LogP contribution < -0.4 is 11.2 Å². The third-order valence-corrected chi connectivity index (χ3v) is 5.24. The third-order valence-electron chi connectivity index (χ3n) is 5.24. The molecule has 1 saturated heterocycles. The molecule has 0 N–H and O–H groups in total. The summed E-state index contributed by atoms with van der Waals surface area (Å²) >= 11 is 0. The second-order valence-electron chi connectivity index (χ2n) is 6.57. The van der Waals surface area contributed by atoms with E-state index in [1.165, 1.54) is 4.57 Å². The third kappa shape index (κ3) is 3.09. The van der Waals surface area contributed by atoms with Gasteiger partial charge in [0.05, 0.1) is 5.39 Å². The maximum absolute atomic E-state index is 12.7. The van der Waals surface area contributed by atoms with Gasteiger partial charge in [-0.3, -0.25) is 18.7 Å². The van der Waals surface area contributed by atoms with Gasteiger partial charge in [-0.1, -0.05) is 6.92 Å². The molecule has 1 aliphatic heterocycles. The number of aromatic nitrogens is 3. The normalized spacial score (nSPS) is 15.7. The van der Waals surface area contributed by atoms with E-state index in [9.17, 15) is 14.4 Å². The number of rotatable bonds is 5. The number of hydrogen-bond donors (Lipinski definition) is 0. The van der Waals surface area contributed by atoms with Crippen LogP contribution in [0.15, 0.2) is 21.9 Å². The lowest BCUT2D eigenvalue weighted by atomic mass is 10.3. The van der Waals surface area contributed by atoms with E-state index in [0.717, 1.165) is 32.7 Å². The first-order valence-corrected chi connectivity index (χ1v) is 9.34. The molecule has 0 bridgehead atoms. The molecule has 0 saturated carbocycles. The predicted octanol–water partition coefficient (Wildman–Crippen LogP) is 0.169. The van der Waals surface area contributed by atoms with Crippen LogP contribution in [0.5, 0.6) is 0 Å². The van der Waals surface area contributed by atoms with Gasteiger partial charge in [0.1, 0.15) is 12.2 Å². The Labute approximate surface area is 152 Å². The fraction of sp³-hybridized carbons (Fsp3) is 0.611. The molecule has 0 atom stereocenters. The Bertz CT molecular complexity index is 915. The largest absolute Gasteiger partial charge is 0.339 e. The van der Waals surface area contributed by atoms with Crippen molar-refractivity contribution in [1.82, 2.24) is 23.5 Å². The quantitative estimate of drug-likeness (QED) is 0.761. The molecule has 2 aromatic heterocycles. The van der Waals surface area contributed by atoms with Gasteiger partial charge in [0.25, 0.3) is 5.56 Å². The highest BCUT2D eigenvalue weighted by molar-refractivity contribution is 5.81. The zero-order valence-corrected chi connectivity index (χ0v) is 15.8. The molecular formula is C18H27N5O3. The van der Waals surface area contributed by atoms with E-state index in [2.05, 4.69) is 11.8 Å². The van der Waals surface area contributed by atoms with Crippen LogP contribution in [-0.2, 0) is 24.4 Å². The van der Waals surface area contributed by atoms with Crippen LogP contribution >= 0.6 is 0 Å². The van der Waals surface area contributed by atoms with Crippen LogP contribution in [0.2, 0.25) is 0 Å². The number of aryl methyl sites for hydroxylation is 1. The molecule has 1 aliphatic rings. The molecule has 0 aliphatic carbocycles.